The van der Waals surface area contributed by atoms with Gasteiger partial charge in [-0.05, 0) is 19.1 Å². The van der Waals surface area contributed by atoms with E-state index < -0.39 is 0 Å². The first-order valence-electron chi connectivity index (χ1n) is 2.95. The molecule has 0 unspecified atom stereocenters. The van der Waals surface area contributed by atoms with Gasteiger partial charge in [0.25, 0.3) is 0 Å². The van der Waals surface area contributed by atoms with E-state index in [9.17, 15) is 4.79 Å². The monoisotopic (exact) mass is 148 g/mol. The smallest absolute Gasteiger partial charge is 0.139 e. The first kappa shape index (κ1) is 8.98. The largest absolute Gasteiger partial charge is 0.396 e. The van der Waals surface area contributed by atoms with Crippen molar-refractivity contribution in [2.75, 3.05) is 18.1 Å². The summed E-state index contributed by atoms with van der Waals surface area (Å²) < 4.78 is 0. The molecule has 3 heteroatoms. The maximum Gasteiger partial charge on any atom is 0.139 e. The third kappa shape index (κ3) is 7.98. The lowest BCUT2D eigenvalue weighted by Crippen LogP contribution is -1.95. The fourth-order valence-corrected chi connectivity index (χ4v) is 1.15. The summed E-state index contributed by atoms with van der Waals surface area (Å²) in [5.74, 6) is 1.67. The summed E-state index contributed by atoms with van der Waals surface area (Å²) in [6, 6.07) is 0. The number of carbonyl (C=O) groups excluding carboxylic acids is 1. The van der Waals surface area contributed by atoms with Gasteiger partial charge in [0.15, 0.2) is 0 Å². The Labute approximate surface area is 59.6 Å². The van der Waals surface area contributed by atoms with Gasteiger partial charge in [0.1, 0.15) is 5.78 Å². The van der Waals surface area contributed by atoms with Crippen LogP contribution >= 0.6 is 11.8 Å². The average Bonchev–Trinajstić information content (AvgIpc) is 1.80. The van der Waals surface area contributed by atoms with E-state index in [1.807, 2.05) is 0 Å². The van der Waals surface area contributed by atoms with E-state index >= 15 is 0 Å². The van der Waals surface area contributed by atoms with Gasteiger partial charge in [-0.25, -0.2) is 0 Å². The topological polar surface area (TPSA) is 37.3 Å². The van der Waals surface area contributed by atoms with Crippen LogP contribution in [0.15, 0.2) is 0 Å². The number of carbonyl (C=O) groups is 1. The summed E-state index contributed by atoms with van der Waals surface area (Å²) >= 11 is 1.58. The summed E-state index contributed by atoms with van der Waals surface area (Å²) in [5.41, 5.74) is 0. The molecule has 0 aromatic carbocycles. The Morgan fingerprint density at radius 2 is 2.33 bits per heavy atom. The van der Waals surface area contributed by atoms with Crippen molar-refractivity contribution in [2.45, 2.75) is 13.3 Å². The number of hydrogen-bond acceptors (Lipinski definition) is 3. The molecule has 0 spiro atoms. The Morgan fingerprint density at radius 1 is 1.67 bits per heavy atom. The van der Waals surface area contributed by atoms with Crippen molar-refractivity contribution < 1.29 is 9.90 Å². The first-order chi connectivity index (χ1) is 4.27. The highest BCUT2D eigenvalue weighted by Crippen LogP contribution is 2.00. The van der Waals surface area contributed by atoms with E-state index in [1.54, 1.807) is 18.7 Å². The van der Waals surface area contributed by atoms with E-state index in [-0.39, 0.29) is 12.4 Å². The lowest BCUT2D eigenvalue weighted by atomic mass is 10.5. The van der Waals surface area contributed by atoms with Gasteiger partial charge in [0.2, 0.25) is 0 Å². The predicted molar refractivity (Wildman–Crippen MR) is 39.7 cm³/mol. The van der Waals surface area contributed by atoms with Crippen LogP contribution in [0.1, 0.15) is 13.3 Å². The van der Waals surface area contributed by atoms with Crippen molar-refractivity contribution in [3.05, 3.63) is 0 Å². The van der Waals surface area contributed by atoms with E-state index in [0.29, 0.717) is 5.75 Å². The average molecular weight is 148 g/mol. The Balaban J connectivity index is 2.83. The van der Waals surface area contributed by atoms with Crippen molar-refractivity contribution in [2.24, 2.45) is 0 Å². The number of hydrogen-bond donors (Lipinski definition) is 1. The normalized spacial score (nSPS) is 9.56. The molecular formula is C6H12O2S. The zero-order valence-electron chi connectivity index (χ0n) is 5.59. The Kier molecular flexibility index (Phi) is 6.09. The van der Waals surface area contributed by atoms with Gasteiger partial charge in [0.05, 0.1) is 5.75 Å². The van der Waals surface area contributed by atoms with Gasteiger partial charge in [0, 0.05) is 6.61 Å². The predicted octanol–water partition coefficient (Wildman–Crippen LogP) is 0.691. The summed E-state index contributed by atoms with van der Waals surface area (Å²) in [5, 5.41) is 8.33. The maximum absolute atomic E-state index is 10.3. The molecule has 0 saturated carbocycles. The molecule has 0 aromatic rings. The Hall–Kier alpha value is -0.0200. The van der Waals surface area contributed by atoms with Crippen molar-refractivity contribution in [3.63, 3.8) is 0 Å². The lowest BCUT2D eigenvalue weighted by molar-refractivity contribution is -0.114. The number of thioether (sulfide) groups is 1. The van der Waals surface area contributed by atoms with E-state index in [1.165, 1.54) is 0 Å². The fraction of sp³-hybridized carbons (Fsp3) is 0.833. The summed E-state index contributed by atoms with van der Waals surface area (Å²) in [6.45, 7) is 1.80. The van der Waals surface area contributed by atoms with Gasteiger partial charge in [-0.1, -0.05) is 0 Å². The van der Waals surface area contributed by atoms with Gasteiger partial charge in [-0.2, -0.15) is 11.8 Å². The van der Waals surface area contributed by atoms with Crippen molar-refractivity contribution >= 4 is 17.5 Å². The first-order valence-corrected chi connectivity index (χ1v) is 4.11. The number of aliphatic hydroxyl groups is 1. The zero-order chi connectivity index (χ0) is 7.11. The molecule has 0 aromatic heterocycles. The molecule has 0 aliphatic rings. The second-order valence-corrected chi connectivity index (χ2v) is 2.94. The van der Waals surface area contributed by atoms with Crippen LogP contribution in [0.3, 0.4) is 0 Å². The number of Topliss-reactive ketones (excluding diaryl/α,β-unsaturated/α-hetero) is 1. The second kappa shape index (κ2) is 6.11. The van der Waals surface area contributed by atoms with Crippen LogP contribution in [0, 0.1) is 0 Å². The molecule has 0 saturated heterocycles. The molecule has 0 aliphatic heterocycles. The standard InChI is InChI=1S/C6H12O2S/c1-6(8)5-9-4-2-3-7/h7H,2-5H2,1H3. The molecule has 54 valence electrons. The van der Waals surface area contributed by atoms with Crippen LogP contribution in [0.25, 0.3) is 0 Å². The van der Waals surface area contributed by atoms with Gasteiger partial charge in [-0.3, -0.25) is 4.79 Å². The minimum Gasteiger partial charge on any atom is -0.396 e. The Morgan fingerprint density at radius 3 is 2.78 bits per heavy atom. The molecule has 0 bridgehead atoms. The fourth-order valence-electron chi connectivity index (χ4n) is 0.383. The van der Waals surface area contributed by atoms with Gasteiger partial charge < -0.3 is 5.11 Å². The lowest BCUT2D eigenvalue weighted by Gasteiger charge is -1.93. The highest BCUT2D eigenvalue weighted by atomic mass is 32.2. The highest BCUT2D eigenvalue weighted by molar-refractivity contribution is 7.99. The SMILES string of the molecule is CC(=O)CSCCCO. The third-order valence-electron chi connectivity index (χ3n) is 0.752. The van der Waals surface area contributed by atoms with Crippen LogP contribution in [-0.2, 0) is 4.79 Å². The number of aliphatic hydroxyl groups excluding tert-OH is 1. The second-order valence-electron chi connectivity index (χ2n) is 1.83. The van der Waals surface area contributed by atoms with Crippen LogP contribution in [-0.4, -0.2) is 29.0 Å². The van der Waals surface area contributed by atoms with Crippen molar-refractivity contribution in [3.8, 4) is 0 Å². The molecule has 1 N–H and O–H groups in total. The minimum atomic E-state index is 0.206. The van der Waals surface area contributed by atoms with Gasteiger partial charge in [-0.15, -0.1) is 0 Å². The van der Waals surface area contributed by atoms with E-state index in [2.05, 4.69) is 0 Å². The third-order valence-corrected chi connectivity index (χ3v) is 1.94. The summed E-state index contributed by atoms with van der Waals surface area (Å²) in [4.78, 5) is 10.3. The van der Waals surface area contributed by atoms with Crippen LogP contribution in [0.5, 0.6) is 0 Å². The van der Waals surface area contributed by atoms with E-state index in [4.69, 9.17) is 5.11 Å². The molecule has 0 fully saturated rings. The molecule has 0 amide bonds. The number of rotatable bonds is 5. The summed E-state index contributed by atoms with van der Waals surface area (Å²) in [6.07, 6.45) is 0.790. The zero-order valence-corrected chi connectivity index (χ0v) is 6.41. The Bertz CT molecular complexity index is 83.1. The highest BCUT2D eigenvalue weighted by Gasteiger charge is 1.91. The quantitative estimate of drug-likeness (QED) is 0.583. The minimum absolute atomic E-state index is 0.206. The molecule has 0 rings (SSSR count). The van der Waals surface area contributed by atoms with Crippen molar-refractivity contribution in [1.29, 1.82) is 0 Å². The van der Waals surface area contributed by atoms with E-state index in [0.717, 1.165) is 12.2 Å². The molecule has 0 atom stereocenters. The molecule has 0 radical (unpaired) electrons. The van der Waals surface area contributed by atoms with Gasteiger partial charge >= 0.3 is 0 Å². The number of ketones is 1. The molecule has 9 heavy (non-hydrogen) atoms. The van der Waals surface area contributed by atoms with Crippen molar-refractivity contribution in [1.82, 2.24) is 0 Å². The molecular weight excluding hydrogens is 136 g/mol. The molecule has 0 heterocycles. The molecule has 2 nitrogen and oxygen atoms in total. The van der Waals surface area contributed by atoms with Crippen LogP contribution in [0.2, 0.25) is 0 Å². The maximum atomic E-state index is 10.3. The van der Waals surface area contributed by atoms with Crippen LogP contribution < -0.4 is 0 Å². The molecule has 0 aliphatic carbocycles. The van der Waals surface area contributed by atoms with Crippen LogP contribution in [0.4, 0.5) is 0 Å². The summed E-state index contributed by atoms with van der Waals surface area (Å²) in [7, 11) is 0.